The van der Waals surface area contributed by atoms with Gasteiger partial charge >= 0.3 is 0 Å². The predicted molar refractivity (Wildman–Crippen MR) is 54.0 cm³/mol. The fourth-order valence-electron chi connectivity index (χ4n) is 0.961. The number of hydrogen-bond donors (Lipinski definition) is 1. The van der Waals surface area contributed by atoms with Gasteiger partial charge in [-0.2, -0.15) is 0 Å². The lowest BCUT2D eigenvalue weighted by atomic mass is 10.1. The van der Waals surface area contributed by atoms with Crippen molar-refractivity contribution in [3.63, 3.8) is 0 Å². The van der Waals surface area contributed by atoms with E-state index in [1.165, 1.54) is 19.3 Å². The Hall–Kier alpha value is -0.0400. The van der Waals surface area contributed by atoms with Crippen LogP contribution in [0.2, 0.25) is 0 Å². The first-order valence-corrected chi connectivity index (χ1v) is 5.04. The second kappa shape index (κ2) is 12.6. The van der Waals surface area contributed by atoms with Crippen LogP contribution in [0.3, 0.4) is 0 Å². The summed E-state index contributed by atoms with van der Waals surface area (Å²) in [6.07, 6.45) is 3.99. The van der Waals surface area contributed by atoms with Crippen LogP contribution in [0.5, 0.6) is 0 Å². The molecule has 0 aliphatic carbocycles. The summed E-state index contributed by atoms with van der Waals surface area (Å²) in [6, 6.07) is 0.718. The molecule has 1 N–H and O–H groups in total. The molecular formula is C10H25N. The third kappa shape index (κ3) is 13.0. The highest BCUT2D eigenvalue weighted by Crippen LogP contribution is 1.98. The summed E-state index contributed by atoms with van der Waals surface area (Å²) in [7, 11) is 0. The van der Waals surface area contributed by atoms with Crippen molar-refractivity contribution in [3.8, 4) is 0 Å². The number of nitrogens with one attached hydrogen (secondary N) is 1. The van der Waals surface area contributed by atoms with E-state index in [2.05, 4.69) is 26.1 Å². The molecule has 0 spiro atoms. The van der Waals surface area contributed by atoms with Crippen molar-refractivity contribution < 1.29 is 0 Å². The normalized spacial score (nSPS) is 11.7. The molecule has 11 heavy (non-hydrogen) atoms. The highest BCUT2D eigenvalue weighted by atomic mass is 14.9. The van der Waals surface area contributed by atoms with Gasteiger partial charge in [-0.15, -0.1) is 0 Å². The quantitative estimate of drug-likeness (QED) is 0.649. The minimum absolute atomic E-state index is 0.718. The van der Waals surface area contributed by atoms with Crippen molar-refractivity contribution in [3.05, 3.63) is 0 Å². The Morgan fingerprint density at radius 1 is 1.18 bits per heavy atom. The van der Waals surface area contributed by atoms with Gasteiger partial charge in [-0.05, 0) is 19.9 Å². The minimum atomic E-state index is 0.718. The molecule has 1 atom stereocenters. The molecule has 0 aromatic rings. The maximum atomic E-state index is 3.38. The monoisotopic (exact) mass is 159 g/mol. The van der Waals surface area contributed by atoms with Crippen molar-refractivity contribution >= 4 is 0 Å². The highest BCUT2D eigenvalue weighted by Gasteiger charge is 1.95. The molecule has 70 valence electrons. The van der Waals surface area contributed by atoms with Gasteiger partial charge in [-0.25, -0.2) is 0 Å². The van der Waals surface area contributed by atoms with Crippen molar-refractivity contribution in [2.75, 3.05) is 6.54 Å². The van der Waals surface area contributed by atoms with E-state index < -0.39 is 0 Å². The Kier molecular flexibility index (Phi) is 15.5. The Balaban J connectivity index is 0. The molecule has 1 nitrogen and oxygen atoms in total. The Labute approximate surface area is 72.6 Å². The van der Waals surface area contributed by atoms with Gasteiger partial charge in [0.05, 0.1) is 0 Å². The summed E-state index contributed by atoms with van der Waals surface area (Å²) < 4.78 is 0. The smallest absolute Gasteiger partial charge is 0.00386 e. The van der Waals surface area contributed by atoms with Gasteiger partial charge in [-0.1, -0.05) is 40.5 Å². The zero-order chi connectivity index (χ0) is 9.11. The second-order valence-electron chi connectivity index (χ2n) is 2.60. The molecule has 0 heterocycles. The van der Waals surface area contributed by atoms with Crippen LogP contribution in [-0.2, 0) is 0 Å². The molecule has 1 heteroatoms. The molecule has 0 radical (unpaired) electrons. The Bertz CT molecular complexity index is 52.8. The summed E-state index contributed by atoms with van der Waals surface area (Å²) in [5.74, 6) is 0. The van der Waals surface area contributed by atoms with Gasteiger partial charge in [0.15, 0.2) is 0 Å². The van der Waals surface area contributed by atoms with E-state index in [1.807, 2.05) is 13.8 Å². The molecule has 0 aromatic carbocycles. The van der Waals surface area contributed by atoms with Crippen LogP contribution < -0.4 is 5.32 Å². The lowest BCUT2D eigenvalue weighted by Gasteiger charge is -2.09. The van der Waals surface area contributed by atoms with E-state index in [1.54, 1.807) is 0 Å². The van der Waals surface area contributed by atoms with Crippen molar-refractivity contribution in [1.82, 2.24) is 5.32 Å². The SMILES string of the molecule is CC.CCCCC(C)NCC. The van der Waals surface area contributed by atoms with E-state index in [9.17, 15) is 0 Å². The molecule has 0 aliphatic rings. The first kappa shape index (κ1) is 13.5. The van der Waals surface area contributed by atoms with Crippen molar-refractivity contribution in [2.24, 2.45) is 0 Å². The molecule has 0 amide bonds. The first-order valence-electron chi connectivity index (χ1n) is 5.04. The molecule has 0 fully saturated rings. The molecular weight excluding hydrogens is 134 g/mol. The highest BCUT2D eigenvalue weighted by molar-refractivity contribution is 4.57. The third-order valence-corrected chi connectivity index (χ3v) is 1.54. The first-order chi connectivity index (χ1) is 5.31. The van der Waals surface area contributed by atoms with Crippen molar-refractivity contribution in [1.29, 1.82) is 0 Å². The lowest BCUT2D eigenvalue weighted by Crippen LogP contribution is -2.25. The van der Waals surface area contributed by atoms with Crippen LogP contribution in [0.1, 0.15) is 53.9 Å². The van der Waals surface area contributed by atoms with Gasteiger partial charge in [0.2, 0.25) is 0 Å². The van der Waals surface area contributed by atoms with Gasteiger partial charge in [0.25, 0.3) is 0 Å². The third-order valence-electron chi connectivity index (χ3n) is 1.54. The zero-order valence-electron chi connectivity index (χ0n) is 8.91. The lowest BCUT2D eigenvalue weighted by molar-refractivity contribution is 0.509. The average Bonchev–Trinajstić information content (AvgIpc) is 2.05. The molecule has 1 unspecified atom stereocenters. The van der Waals surface area contributed by atoms with Crippen LogP contribution in [0.15, 0.2) is 0 Å². The molecule has 0 saturated carbocycles. The van der Waals surface area contributed by atoms with Gasteiger partial charge in [0.1, 0.15) is 0 Å². The van der Waals surface area contributed by atoms with Crippen LogP contribution >= 0.6 is 0 Å². The number of hydrogen-bond acceptors (Lipinski definition) is 1. The fraction of sp³-hybridized carbons (Fsp3) is 1.00. The predicted octanol–water partition coefficient (Wildman–Crippen LogP) is 3.20. The van der Waals surface area contributed by atoms with Crippen molar-refractivity contribution in [2.45, 2.75) is 59.9 Å². The van der Waals surface area contributed by atoms with Gasteiger partial charge < -0.3 is 5.32 Å². The van der Waals surface area contributed by atoms with Gasteiger partial charge in [0, 0.05) is 6.04 Å². The van der Waals surface area contributed by atoms with E-state index in [-0.39, 0.29) is 0 Å². The second-order valence-corrected chi connectivity index (χ2v) is 2.60. The molecule has 0 aliphatic heterocycles. The van der Waals surface area contributed by atoms with Crippen LogP contribution in [-0.4, -0.2) is 12.6 Å². The van der Waals surface area contributed by atoms with E-state index >= 15 is 0 Å². The van der Waals surface area contributed by atoms with Crippen LogP contribution in [0.4, 0.5) is 0 Å². The van der Waals surface area contributed by atoms with E-state index in [4.69, 9.17) is 0 Å². The number of unbranched alkanes of at least 4 members (excludes halogenated alkanes) is 1. The maximum Gasteiger partial charge on any atom is 0.00386 e. The fourth-order valence-corrected chi connectivity index (χ4v) is 0.961. The molecule has 0 bridgehead atoms. The molecule has 0 saturated heterocycles. The maximum absolute atomic E-state index is 3.38. The molecule has 0 rings (SSSR count). The average molecular weight is 159 g/mol. The largest absolute Gasteiger partial charge is 0.315 e. The van der Waals surface area contributed by atoms with Crippen LogP contribution in [0.25, 0.3) is 0 Å². The van der Waals surface area contributed by atoms with Gasteiger partial charge in [-0.3, -0.25) is 0 Å². The summed E-state index contributed by atoms with van der Waals surface area (Å²) in [5, 5.41) is 3.38. The Morgan fingerprint density at radius 3 is 2.09 bits per heavy atom. The topological polar surface area (TPSA) is 12.0 Å². The molecule has 0 aromatic heterocycles. The summed E-state index contributed by atoms with van der Waals surface area (Å²) in [5.41, 5.74) is 0. The van der Waals surface area contributed by atoms with Crippen LogP contribution in [0, 0.1) is 0 Å². The zero-order valence-corrected chi connectivity index (χ0v) is 8.91. The standard InChI is InChI=1S/C8H19N.C2H6/c1-4-6-7-8(3)9-5-2;1-2/h8-9H,4-7H2,1-3H3;1-2H3. The summed E-state index contributed by atoms with van der Waals surface area (Å²) in [4.78, 5) is 0. The minimum Gasteiger partial charge on any atom is -0.315 e. The van der Waals surface area contributed by atoms with E-state index in [0.717, 1.165) is 12.6 Å². The Morgan fingerprint density at radius 2 is 1.73 bits per heavy atom. The summed E-state index contributed by atoms with van der Waals surface area (Å²) in [6.45, 7) is 11.7. The summed E-state index contributed by atoms with van der Waals surface area (Å²) >= 11 is 0. The van der Waals surface area contributed by atoms with E-state index in [0.29, 0.717) is 0 Å². The number of rotatable bonds is 5.